The van der Waals surface area contributed by atoms with Gasteiger partial charge in [-0.2, -0.15) is 0 Å². The molecule has 2 rings (SSSR count). The van der Waals surface area contributed by atoms with Crippen molar-refractivity contribution in [2.45, 2.75) is 174 Å². The molecule has 2 aromatic heterocycles. The van der Waals surface area contributed by atoms with Crippen LogP contribution in [0.4, 0.5) is 0 Å². The number of aliphatic carboxylic acids is 1. The number of carboxylic acids is 1. The number of amides is 8. The molecule has 416 valence electrons. The molecular formula is C49H85N15O10. The minimum absolute atomic E-state index is 0.00639. The van der Waals surface area contributed by atoms with Gasteiger partial charge in [0.15, 0.2) is 0 Å². The number of carbonyl (C=O) groups excluding carboxylic acids is 8. The Balaban J connectivity index is 2.35. The number of imidazole rings is 2. The number of H-pyrrole nitrogens is 2. The standard InChI is InChI=1S/C49H85N15O10/c1-9-29(7)39(52)47(71)62-35(19-27(3)4)45(69)64-41(30(8)10-2)48(72)55-24-38(65)58-36(20-31-22-53-25-56-31)44(68)60-33(15-11-13-17-50)42(66)59-34(16-12-14-18-51)43(67)61-37(21-32-23-54-26-57-32)46(70)63-40(28(5)6)49(73)74/h22-23,25-30,33-37,39-41H,9-21,24,50-52H2,1-8H3,(H,53,56)(H,54,57)(H,55,72)(H,58,65)(H,59,66)(H,60,68)(H,61,67)(H,62,71)(H,63,70)(H,64,69)(H,73,74)/t29-,30-,33-,34-,35-,36-,37-,39-,40-,41-/m0/s1. The monoisotopic (exact) mass is 1040 g/mol. The third-order valence-corrected chi connectivity index (χ3v) is 12.7. The summed E-state index contributed by atoms with van der Waals surface area (Å²) in [6, 6.07) is -9.35. The van der Waals surface area contributed by atoms with Crippen LogP contribution in [0.5, 0.6) is 0 Å². The molecule has 2 heterocycles. The lowest BCUT2D eigenvalue weighted by Crippen LogP contribution is -2.60. The summed E-state index contributed by atoms with van der Waals surface area (Å²) in [6.07, 6.45) is 8.68. The fourth-order valence-electron chi connectivity index (χ4n) is 7.72. The Morgan fingerprint density at radius 1 is 0.554 bits per heavy atom. The van der Waals surface area contributed by atoms with Gasteiger partial charge < -0.3 is 74.8 Å². The number of nitrogens with two attached hydrogens (primary N) is 3. The molecule has 0 radical (unpaired) electrons. The summed E-state index contributed by atoms with van der Waals surface area (Å²) >= 11 is 0. The van der Waals surface area contributed by atoms with Gasteiger partial charge in [-0.3, -0.25) is 38.4 Å². The highest BCUT2D eigenvalue weighted by Crippen LogP contribution is 2.14. The molecule has 17 N–H and O–H groups in total. The Kier molecular flexibility index (Phi) is 28.7. The van der Waals surface area contributed by atoms with Crippen LogP contribution in [0, 0.1) is 23.7 Å². The van der Waals surface area contributed by atoms with E-state index in [4.69, 9.17) is 17.2 Å². The summed E-state index contributed by atoms with van der Waals surface area (Å²) in [7, 11) is 0. The Bertz CT molecular complexity index is 2070. The first kappa shape index (κ1) is 63.6. The molecule has 0 saturated carbocycles. The average Bonchev–Trinajstić information content (AvgIpc) is 4.09. The molecule has 0 spiro atoms. The smallest absolute Gasteiger partial charge is 0.326 e. The van der Waals surface area contributed by atoms with Gasteiger partial charge in [0.05, 0.1) is 25.2 Å². The Hall–Kier alpha value is -6.47. The van der Waals surface area contributed by atoms with E-state index >= 15 is 0 Å². The van der Waals surface area contributed by atoms with Gasteiger partial charge in [0.1, 0.15) is 42.3 Å². The van der Waals surface area contributed by atoms with E-state index in [9.17, 15) is 48.3 Å². The topological polar surface area (TPSA) is 406 Å². The van der Waals surface area contributed by atoms with Crippen LogP contribution in [0.3, 0.4) is 0 Å². The lowest BCUT2D eigenvalue weighted by atomic mass is 9.96. The molecule has 0 aliphatic heterocycles. The minimum atomic E-state index is -1.33. The molecular weight excluding hydrogens is 959 g/mol. The zero-order chi connectivity index (χ0) is 55.5. The van der Waals surface area contributed by atoms with Gasteiger partial charge in [0.2, 0.25) is 47.3 Å². The van der Waals surface area contributed by atoms with Crippen LogP contribution in [0.1, 0.15) is 125 Å². The van der Waals surface area contributed by atoms with Crippen LogP contribution in [-0.2, 0) is 56.0 Å². The van der Waals surface area contributed by atoms with Crippen LogP contribution in [0.15, 0.2) is 25.0 Å². The van der Waals surface area contributed by atoms with Gasteiger partial charge in [-0.05, 0) is 81.7 Å². The number of nitrogens with one attached hydrogen (secondary N) is 10. The molecule has 0 aromatic carbocycles. The van der Waals surface area contributed by atoms with Crippen molar-refractivity contribution in [2.75, 3.05) is 19.6 Å². The SMILES string of the molecule is CC[C@H](C)[C@H](N)C(=O)N[C@@H](CC(C)C)C(=O)N[C@H](C(=O)NCC(=O)N[C@@H](Cc1cnc[nH]1)C(=O)N[C@@H](CCCCN)C(=O)N[C@@H](CCCCN)C(=O)N[C@@H](Cc1cnc[nH]1)C(=O)N[C@H](C(=O)O)C(C)C)[C@@H](C)CC. The summed E-state index contributed by atoms with van der Waals surface area (Å²) < 4.78 is 0. The van der Waals surface area contributed by atoms with E-state index in [0.717, 1.165) is 0 Å². The maximum atomic E-state index is 14.2. The number of aromatic amines is 2. The van der Waals surface area contributed by atoms with Crippen molar-refractivity contribution >= 4 is 53.2 Å². The average molecular weight is 1040 g/mol. The highest BCUT2D eigenvalue weighted by atomic mass is 16.4. The van der Waals surface area contributed by atoms with Gasteiger partial charge in [-0.25, -0.2) is 14.8 Å². The number of unbranched alkanes of at least 4 members (excludes halogenated alkanes) is 2. The van der Waals surface area contributed by atoms with Crippen molar-refractivity contribution < 1.29 is 48.3 Å². The van der Waals surface area contributed by atoms with Crippen LogP contribution in [0.2, 0.25) is 0 Å². The first-order valence-corrected chi connectivity index (χ1v) is 25.8. The second-order valence-corrected chi connectivity index (χ2v) is 19.7. The molecule has 0 bridgehead atoms. The molecule has 0 saturated heterocycles. The number of carbonyl (C=O) groups is 9. The summed E-state index contributed by atoms with van der Waals surface area (Å²) in [5.41, 5.74) is 18.6. The predicted molar refractivity (Wildman–Crippen MR) is 276 cm³/mol. The third-order valence-electron chi connectivity index (χ3n) is 12.7. The quantitative estimate of drug-likeness (QED) is 0.0360. The zero-order valence-corrected chi connectivity index (χ0v) is 44.4. The number of hydrogen-bond acceptors (Lipinski definition) is 14. The molecule has 0 fully saturated rings. The Labute approximate surface area is 434 Å². The molecule has 25 heteroatoms. The Morgan fingerprint density at radius 3 is 1.42 bits per heavy atom. The number of hydrogen-bond donors (Lipinski definition) is 14. The molecule has 10 atom stereocenters. The van der Waals surface area contributed by atoms with Crippen molar-refractivity contribution in [3.8, 4) is 0 Å². The van der Waals surface area contributed by atoms with E-state index in [2.05, 4.69) is 62.5 Å². The summed E-state index contributed by atoms with van der Waals surface area (Å²) in [5, 5.41) is 31.1. The van der Waals surface area contributed by atoms with E-state index < -0.39 is 120 Å². The van der Waals surface area contributed by atoms with Crippen molar-refractivity contribution in [3.63, 3.8) is 0 Å². The normalized spacial score (nSPS) is 15.4. The van der Waals surface area contributed by atoms with Gasteiger partial charge in [-0.15, -0.1) is 0 Å². The highest BCUT2D eigenvalue weighted by Gasteiger charge is 2.35. The van der Waals surface area contributed by atoms with E-state index in [1.54, 1.807) is 20.8 Å². The lowest BCUT2D eigenvalue weighted by molar-refractivity contribution is -0.143. The number of nitrogens with zero attached hydrogens (tertiary/aromatic N) is 2. The molecule has 2 aromatic rings. The second kappa shape index (κ2) is 33.4. The van der Waals surface area contributed by atoms with Gasteiger partial charge in [-0.1, -0.05) is 68.2 Å². The molecule has 25 nitrogen and oxygen atoms in total. The molecule has 0 aliphatic carbocycles. The maximum Gasteiger partial charge on any atom is 0.326 e. The predicted octanol–water partition coefficient (Wildman–Crippen LogP) is -1.11. The molecule has 0 unspecified atom stereocenters. The van der Waals surface area contributed by atoms with Crippen LogP contribution < -0.4 is 59.7 Å². The van der Waals surface area contributed by atoms with Crippen molar-refractivity contribution in [2.24, 2.45) is 40.9 Å². The van der Waals surface area contributed by atoms with Gasteiger partial charge in [0.25, 0.3) is 0 Å². The lowest BCUT2D eigenvalue weighted by Gasteiger charge is -2.28. The first-order valence-electron chi connectivity index (χ1n) is 25.8. The molecule has 8 amide bonds. The zero-order valence-electron chi connectivity index (χ0n) is 44.4. The van der Waals surface area contributed by atoms with Crippen LogP contribution in [-0.4, -0.2) is 146 Å². The maximum absolute atomic E-state index is 14.2. The third kappa shape index (κ3) is 22.3. The van der Waals surface area contributed by atoms with E-state index in [-0.39, 0.29) is 57.0 Å². The molecule has 0 aliphatic rings. The second-order valence-electron chi connectivity index (χ2n) is 19.7. The van der Waals surface area contributed by atoms with Gasteiger partial charge >= 0.3 is 5.97 Å². The first-order chi connectivity index (χ1) is 35.1. The fraction of sp³-hybridized carbons (Fsp3) is 0.694. The fourth-order valence-corrected chi connectivity index (χ4v) is 7.72. The van der Waals surface area contributed by atoms with Crippen molar-refractivity contribution in [1.29, 1.82) is 0 Å². The summed E-state index contributed by atoms with van der Waals surface area (Å²) in [5.74, 6) is -7.94. The van der Waals surface area contributed by atoms with Crippen LogP contribution >= 0.6 is 0 Å². The number of rotatable bonds is 36. The van der Waals surface area contributed by atoms with Crippen molar-refractivity contribution in [1.82, 2.24) is 62.5 Å². The van der Waals surface area contributed by atoms with Gasteiger partial charge in [0, 0.05) is 36.6 Å². The summed E-state index contributed by atoms with van der Waals surface area (Å²) in [4.78, 5) is 136. The largest absolute Gasteiger partial charge is 0.480 e. The van der Waals surface area contributed by atoms with E-state index in [1.165, 1.54) is 25.0 Å². The van der Waals surface area contributed by atoms with Crippen LogP contribution in [0.25, 0.3) is 0 Å². The number of carboxylic acid groups (broad SMARTS) is 1. The number of aromatic nitrogens is 4. The van der Waals surface area contributed by atoms with Crippen molar-refractivity contribution in [3.05, 3.63) is 36.4 Å². The van der Waals surface area contributed by atoms with E-state index in [1.807, 2.05) is 34.6 Å². The highest BCUT2D eigenvalue weighted by molar-refractivity contribution is 5.97. The Morgan fingerprint density at radius 2 is 0.986 bits per heavy atom. The molecule has 74 heavy (non-hydrogen) atoms. The summed E-state index contributed by atoms with van der Waals surface area (Å²) in [6.45, 7) is 14.3. The van der Waals surface area contributed by atoms with E-state index in [0.29, 0.717) is 49.9 Å². The minimum Gasteiger partial charge on any atom is -0.480 e.